The van der Waals surface area contributed by atoms with Gasteiger partial charge in [0, 0.05) is 6.42 Å². The standard InChI is InChI=1S/C15H19FN2O2/c1-10(2)7-13(19)9-15-17-14(18-20-15)8-11-3-5-12(16)6-4-11/h3-6,10,13,19H,7-9H2,1-2H3. The number of benzene rings is 1. The number of aliphatic hydroxyl groups excluding tert-OH is 1. The Kier molecular flexibility index (Phi) is 4.84. The Morgan fingerprint density at radius 2 is 1.95 bits per heavy atom. The van der Waals surface area contributed by atoms with E-state index < -0.39 is 6.10 Å². The summed E-state index contributed by atoms with van der Waals surface area (Å²) in [5.74, 6) is 1.14. The summed E-state index contributed by atoms with van der Waals surface area (Å²) in [6.07, 6.45) is 1.10. The maximum atomic E-state index is 12.8. The third kappa shape index (κ3) is 4.42. The molecule has 2 rings (SSSR count). The van der Waals surface area contributed by atoms with Gasteiger partial charge in [-0.1, -0.05) is 31.1 Å². The average molecular weight is 278 g/mol. The quantitative estimate of drug-likeness (QED) is 0.882. The van der Waals surface area contributed by atoms with Crippen LogP contribution in [0.2, 0.25) is 0 Å². The topological polar surface area (TPSA) is 59.2 Å². The Balaban J connectivity index is 1.93. The largest absolute Gasteiger partial charge is 0.393 e. The van der Waals surface area contributed by atoms with Crippen LogP contribution in [-0.2, 0) is 12.8 Å². The Bertz CT molecular complexity index is 537. The molecule has 1 aromatic heterocycles. The van der Waals surface area contributed by atoms with Gasteiger partial charge in [0.15, 0.2) is 5.82 Å². The first-order valence-electron chi connectivity index (χ1n) is 6.77. The number of aliphatic hydroxyl groups is 1. The fourth-order valence-corrected chi connectivity index (χ4v) is 2.06. The molecule has 1 heterocycles. The van der Waals surface area contributed by atoms with Gasteiger partial charge in [-0.3, -0.25) is 0 Å². The third-order valence-electron chi connectivity index (χ3n) is 2.94. The Morgan fingerprint density at radius 1 is 1.25 bits per heavy atom. The van der Waals surface area contributed by atoms with Crippen molar-refractivity contribution in [3.8, 4) is 0 Å². The van der Waals surface area contributed by atoms with Gasteiger partial charge >= 0.3 is 0 Å². The second-order valence-corrected chi connectivity index (χ2v) is 5.40. The first-order chi connectivity index (χ1) is 9.52. The van der Waals surface area contributed by atoms with Gasteiger partial charge in [0.05, 0.1) is 12.5 Å². The molecule has 0 aliphatic carbocycles. The van der Waals surface area contributed by atoms with Crippen LogP contribution in [0.4, 0.5) is 4.39 Å². The SMILES string of the molecule is CC(C)CC(O)Cc1nc(Cc2ccc(F)cc2)no1. The van der Waals surface area contributed by atoms with E-state index in [2.05, 4.69) is 24.0 Å². The molecule has 1 atom stereocenters. The van der Waals surface area contributed by atoms with Crippen LogP contribution in [0.15, 0.2) is 28.8 Å². The number of halogens is 1. The maximum Gasteiger partial charge on any atom is 0.229 e. The highest BCUT2D eigenvalue weighted by Crippen LogP contribution is 2.12. The zero-order valence-corrected chi connectivity index (χ0v) is 11.7. The molecule has 0 bridgehead atoms. The molecule has 1 aromatic carbocycles. The van der Waals surface area contributed by atoms with Crippen LogP contribution < -0.4 is 0 Å². The maximum absolute atomic E-state index is 12.8. The van der Waals surface area contributed by atoms with Crippen LogP contribution in [0.5, 0.6) is 0 Å². The predicted octanol–water partition coefficient (Wildman–Crippen LogP) is 2.75. The van der Waals surface area contributed by atoms with Crippen LogP contribution in [0.25, 0.3) is 0 Å². The highest BCUT2D eigenvalue weighted by atomic mass is 19.1. The fourth-order valence-electron chi connectivity index (χ4n) is 2.06. The number of hydrogen-bond acceptors (Lipinski definition) is 4. The third-order valence-corrected chi connectivity index (χ3v) is 2.94. The van der Waals surface area contributed by atoms with Gasteiger partial charge in [0.2, 0.25) is 5.89 Å². The van der Waals surface area contributed by atoms with Crippen LogP contribution in [0.1, 0.15) is 37.5 Å². The number of hydrogen-bond donors (Lipinski definition) is 1. The smallest absolute Gasteiger partial charge is 0.229 e. The first-order valence-corrected chi connectivity index (χ1v) is 6.77. The van der Waals surface area contributed by atoms with E-state index in [4.69, 9.17) is 4.52 Å². The lowest BCUT2D eigenvalue weighted by atomic mass is 10.0. The van der Waals surface area contributed by atoms with Crippen molar-refractivity contribution >= 4 is 0 Å². The lowest BCUT2D eigenvalue weighted by molar-refractivity contribution is 0.138. The highest BCUT2D eigenvalue weighted by molar-refractivity contribution is 5.19. The molecule has 0 radical (unpaired) electrons. The normalized spacial score (nSPS) is 12.8. The van der Waals surface area contributed by atoms with Crippen molar-refractivity contribution in [2.45, 2.75) is 39.2 Å². The van der Waals surface area contributed by atoms with Crippen LogP contribution >= 0.6 is 0 Å². The Morgan fingerprint density at radius 3 is 2.60 bits per heavy atom. The minimum atomic E-state index is -0.464. The summed E-state index contributed by atoms with van der Waals surface area (Å²) in [5.41, 5.74) is 0.918. The molecule has 4 nitrogen and oxygen atoms in total. The second-order valence-electron chi connectivity index (χ2n) is 5.40. The molecule has 0 aliphatic heterocycles. The van der Waals surface area contributed by atoms with Gasteiger partial charge in [0.25, 0.3) is 0 Å². The van der Waals surface area contributed by atoms with Gasteiger partial charge in [-0.05, 0) is 30.0 Å². The molecule has 20 heavy (non-hydrogen) atoms. The monoisotopic (exact) mass is 278 g/mol. The lowest BCUT2D eigenvalue weighted by Crippen LogP contribution is -2.13. The van der Waals surface area contributed by atoms with Crippen molar-refractivity contribution in [3.05, 3.63) is 47.4 Å². The van der Waals surface area contributed by atoms with Gasteiger partial charge < -0.3 is 9.63 Å². The van der Waals surface area contributed by atoms with E-state index in [1.54, 1.807) is 12.1 Å². The summed E-state index contributed by atoms with van der Waals surface area (Å²) in [5, 5.41) is 13.7. The van der Waals surface area contributed by atoms with Gasteiger partial charge in [-0.25, -0.2) is 4.39 Å². The van der Waals surface area contributed by atoms with Crippen molar-refractivity contribution in [2.75, 3.05) is 0 Å². The van der Waals surface area contributed by atoms with Crippen molar-refractivity contribution in [3.63, 3.8) is 0 Å². The predicted molar refractivity (Wildman–Crippen MR) is 72.7 cm³/mol. The van der Waals surface area contributed by atoms with Crippen LogP contribution in [0.3, 0.4) is 0 Å². The summed E-state index contributed by atoms with van der Waals surface area (Å²) in [6.45, 7) is 4.11. The molecular formula is C15H19FN2O2. The molecule has 2 aromatic rings. The zero-order valence-electron chi connectivity index (χ0n) is 11.7. The molecule has 1 unspecified atom stereocenters. The van der Waals surface area contributed by atoms with Crippen molar-refractivity contribution < 1.29 is 14.0 Å². The minimum absolute atomic E-state index is 0.264. The summed E-state index contributed by atoms with van der Waals surface area (Å²) in [6, 6.07) is 6.20. The Labute approximate surface area is 117 Å². The van der Waals surface area contributed by atoms with E-state index in [1.807, 2.05) is 0 Å². The molecule has 0 saturated heterocycles. The van der Waals surface area contributed by atoms with Gasteiger partial charge in [-0.2, -0.15) is 4.98 Å². The second kappa shape index (κ2) is 6.61. The summed E-state index contributed by atoms with van der Waals surface area (Å²) in [4.78, 5) is 4.24. The molecule has 0 saturated carbocycles. The lowest BCUT2D eigenvalue weighted by Gasteiger charge is -2.09. The zero-order chi connectivity index (χ0) is 14.5. The molecule has 5 heteroatoms. The van der Waals surface area contributed by atoms with E-state index >= 15 is 0 Å². The summed E-state index contributed by atoms with van der Waals surface area (Å²) >= 11 is 0. The van der Waals surface area contributed by atoms with Gasteiger partial charge in [0.1, 0.15) is 5.82 Å². The number of rotatable bonds is 6. The van der Waals surface area contributed by atoms with Gasteiger partial charge in [-0.15, -0.1) is 0 Å². The van der Waals surface area contributed by atoms with Crippen LogP contribution in [-0.4, -0.2) is 21.4 Å². The Hall–Kier alpha value is -1.75. The van der Waals surface area contributed by atoms with E-state index in [-0.39, 0.29) is 5.82 Å². The van der Waals surface area contributed by atoms with Crippen LogP contribution in [0, 0.1) is 11.7 Å². The summed E-state index contributed by atoms with van der Waals surface area (Å²) in [7, 11) is 0. The van der Waals surface area contributed by atoms with E-state index in [0.717, 1.165) is 5.56 Å². The molecule has 0 amide bonds. The minimum Gasteiger partial charge on any atom is -0.393 e. The highest BCUT2D eigenvalue weighted by Gasteiger charge is 2.13. The molecule has 0 fully saturated rings. The van der Waals surface area contributed by atoms with Crippen molar-refractivity contribution in [2.24, 2.45) is 5.92 Å². The first kappa shape index (κ1) is 14.7. The molecule has 0 aliphatic rings. The van der Waals surface area contributed by atoms with Crippen molar-refractivity contribution in [1.29, 1.82) is 0 Å². The molecular weight excluding hydrogens is 259 g/mol. The van der Waals surface area contributed by atoms with E-state index in [0.29, 0.717) is 36.9 Å². The molecule has 0 spiro atoms. The van der Waals surface area contributed by atoms with Crippen molar-refractivity contribution in [1.82, 2.24) is 10.1 Å². The fraction of sp³-hybridized carbons (Fsp3) is 0.467. The molecule has 108 valence electrons. The summed E-state index contributed by atoms with van der Waals surface area (Å²) < 4.78 is 17.9. The van der Waals surface area contributed by atoms with E-state index in [9.17, 15) is 9.50 Å². The number of nitrogens with zero attached hydrogens (tertiary/aromatic N) is 2. The molecule has 1 N–H and O–H groups in total. The average Bonchev–Trinajstić information content (AvgIpc) is 2.78. The van der Waals surface area contributed by atoms with E-state index in [1.165, 1.54) is 12.1 Å². The number of aromatic nitrogens is 2.